The van der Waals surface area contributed by atoms with Crippen molar-refractivity contribution in [3.8, 4) is 22.7 Å². The summed E-state index contributed by atoms with van der Waals surface area (Å²) in [5.41, 5.74) is 24.1. The molecule has 3 fully saturated rings. The van der Waals surface area contributed by atoms with Crippen molar-refractivity contribution in [2.75, 3.05) is 64.1 Å². The number of halogens is 2. The van der Waals surface area contributed by atoms with Crippen molar-refractivity contribution >= 4 is 132 Å². The van der Waals surface area contributed by atoms with Crippen LogP contribution in [-0.2, 0) is 9.47 Å². The molecule has 19 rings (SSSR count). The molecule has 734 valence electrons. The van der Waals surface area contributed by atoms with E-state index in [0.29, 0.717) is 57.1 Å². The minimum absolute atomic E-state index is 0.136. The number of nitrogens with zero attached hydrogens (tertiary/aromatic N) is 20. The molecule has 42 nitrogen and oxygen atoms in total. The van der Waals surface area contributed by atoms with E-state index in [0.717, 1.165) is 82.8 Å². The smallest absolute Gasteiger partial charge is 0.415 e. The van der Waals surface area contributed by atoms with E-state index in [-0.39, 0.29) is 114 Å². The van der Waals surface area contributed by atoms with Gasteiger partial charge in [0.1, 0.15) is 73.5 Å². The van der Waals surface area contributed by atoms with Gasteiger partial charge in [0.25, 0.3) is 45.5 Å². The molecule has 0 radical (unpaired) electrons. The van der Waals surface area contributed by atoms with Crippen molar-refractivity contribution in [1.29, 1.82) is 0 Å². The topological polar surface area (TPSA) is 536 Å². The number of aromatic nitrogens is 19. The molecule has 0 bridgehead atoms. The van der Waals surface area contributed by atoms with Crippen molar-refractivity contribution in [3.05, 3.63) is 327 Å². The van der Waals surface area contributed by atoms with Gasteiger partial charge < -0.3 is 63.6 Å². The van der Waals surface area contributed by atoms with Gasteiger partial charge >= 0.3 is 12.2 Å². The minimum Gasteiger partial charge on any atom is -0.443 e. The zero-order chi connectivity index (χ0) is 102. The predicted molar refractivity (Wildman–Crippen MR) is 546 cm³/mol. The third-order valence-corrected chi connectivity index (χ3v) is 21.6. The normalized spacial score (nSPS) is 12.3. The Morgan fingerprint density at radius 1 is 0.430 bits per heavy atom. The molecular formula is C98H106BrClN30O12. The predicted octanol–water partition coefficient (Wildman–Crippen LogP) is 12.9. The highest BCUT2D eigenvalue weighted by atomic mass is 79.9. The Kier molecular flexibility index (Phi) is 32.4. The van der Waals surface area contributed by atoms with Crippen LogP contribution in [-0.4, -0.2) is 172 Å². The fourth-order valence-electron chi connectivity index (χ4n) is 13.0. The SMILES string of the molecule is CN(C(=O)OC(C)(C)C)c1cc(Cl)nc2c(C(=O)NC3CC3)cnn12.CNc1cc(Nc2cccn(-c3ccc(C)nc3)c2=O)nc2c(C(=O)NC3CC3)cnn12.Cc1ccc(-n2cccc(N)c2=O)cn1.Cc1ccc(-n2cccc(N)c2=O)cn1.Cc1ccc(-n2cccc(Nc3cc(N(C)C(=O)OC(C)(C)C)n4ncc(C(=O)NC5CC5)c4n3)c2=O)cn1.Cc1ccc(Br)cn1.Nc1ccc[nH]c1=O. The van der Waals surface area contributed by atoms with Gasteiger partial charge in [0.05, 0.1) is 83.2 Å². The van der Waals surface area contributed by atoms with Gasteiger partial charge in [-0.2, -0.15) is 28.8 Å². The number of hydrogen-bond acceptors (Lipinski definition) is 29. The molecule has 13 N–H and O–H groups in total. The van der Waals surface area contributed by atoms with Crippen molar-refractivity contribution in [3.63, 3.8) is 0 Å². The average molecular weight is 2010 g/mol. The second kappa shape index (κ2) is 45.0. The molecule has 0 saturated heterocycles. The van der Waals surface area contributed by atoms with Gasteiger partial charge in [-0.15, -0.1) is 0 Å². The Hall–Kier alpha value is -17.1. The van der Waals surface area contributed by atoms with E-state index in [9.17, 15) is 47.9 Å². The maximum absolute atomic E-state index is 13.3. The highest BCUT2D eigenvalue weighted by Gasteiger charge is 2.32. The molecule has 0 unspecified atom stereocenters. The van der Waals surface area contributed by atoms with Crippen LogP contribution in [0.5, 0.6) is 0 Å². The summed E-state index contributed by atoms with van der Waals surface area (Å²) in [4.78, 5) is 162. The van der Waals surface area contributed by atoms with Gasteiger partial charge in [-0.1, -0.05) is 11.6 Å². The van der Waals surface area contributed by atoms with Crippen LogP contribution in [0.1, 0.15) is 140 Å². The summed E-state index contributed by atoms with van der Waals surface area (Å²) in [6.45, 7) is 20.2. The number of ether oxygens (including phenoxy) is 2. The minimum atomic E-state index is -0.724. The number of pyridine rings is 10. The standard InChI is InChI=1S/C27H30N8O4.C22H22N8O2.C16H20ClN5O3.2C11H11N3O.C6H6BrN.C5H6N2O/c1-16-8-11-18(14-28-16)34-12-6-7-20(25(34)37)31-21-13-22(33(5)26(38)39-27(2,3)4)35-23(32-21)19(15-29-35)24(36)30-17-9-10-17;1-13-5-8-15(11-24-13)29-9-3-4-17(22(29)32)27-18-10-19(23-2)30-20(28-18)16(12-25-30)21(31)26-14-6-7-14;1-16(2,3)25-15(24)21(4)12-7-11(17)20-13-10(8-18-22(12)13)14(23)19-9-5-6-9;2*1-8-4-5-9(7-13-8)14-6-2-3-10(12)11(14)15;1-5-2-3-6(7)4-8-5;6-4-2-1-3-7-5(4)8/h6-8,11-15,17H,9-10H2,1-5H3,(H,30,36)(H,31,32);3-5,8-12,14,23H,6-7H2,1-2H3,(H,26,31)(H,27,28);7-9H,5-6H2,1-4H3,(H,19,23);2*2-7H,12H2,1H3;2-4H,1H3;1-3H,6H2,(H,7,8). The molecule has 0 atom stereocenters. The third-order valence-electron chi connectivity index (χ3n) is 20.9. The zero-order valence-electron chi connectivity index (χ0n) is 80.1. The third kappa shape index (κ3) is 27.0. The van der Waals surface area contributed by atoms with Gasteiger partial charge in [-0.25, -0.2) is 24.5 Å². The first-order valence-electron chi connectivity index (χ1n) is 44.7. The molecule has 3 aliphatic carbocycles. The maximum Gasteiger partial charge on any atom is 0.415 e. The fraction of sp³-hybridized carbons (Fsp3) is 0.255. The van der Waals surface area contributed by atoms with Crippen LogP contribution < -0.4 is 86.7 Å². The first-order valence-corrected chi connectivity index (χ1v) is 45.8. The molecule has 5 amide bonds. The number of carbonyl (C=O) groups excluding carboxylic acids is 5. The van der Waals surface area contributed by atoms with E-state index >= 15 is 0 Å². The highest BCUT2D eigenvalue weighted by Crippen LogP contribution is 2.31. The van der Waals surface area contributed by atoms with Crippen molar-refractivity contribution in [2.24, 2.45) is 0 Å². The summed E-state index contributed by atoms with van der Waals surface area (Å²) in [7, 11) is 4.84. The second-order valence-corrected chi connectivity index (χ2v) is 36.1. The van der Waals surface area contributed by atoms with Crippen molar-refractivity contribution < 1.29 is 33.4 Å². The molecule has 3 saturated carbocycles. The molecule has 16 heterocycles. The molecular weight excluding hydrogens is 1900 g/mol. The maximum atomic E-state index is 13.3. The van der Waals surface area contributed by atoms with Crippen LogP contribution in [0.2, 0.25) is 5.15 Å². The van der Waals surface area contributed by atoms with Crippen LogP contribution in [0.15, 0.2) is 249 Å². The number of aromatic amines is 1. The Balaban J connectivity index is 0.000000148. The Morgan fingerprint density at radius 2 is 0.768 bits per heavy atom. The molecule has 142 heavy (non-hydrogen) atoms. The van der Waals surface area contributed by atoms with Crippen molar-refractivity contribution in [1.82, 2.24) is 108 Å². The highest BCUT2D eigenvalue weighted by molar-refractivity contribution is 9.10. The van der Waals surface area contributed by atoms with Gasteiger partial charge in [-0.3, -0.25) is 91.3 Å². The lowest BCUT2D eigenvalue weighted by atomic mass is 10.2. The number of H-pyrrole nitrogens is 1. The number of nitrogens with one attached hydrogen (secondary N) is 7. The summed E-state index contributed by atoms with van der Waals surface area (Å²) >= 11 is 9.38. The molecule has 16 aromatic heterocycles. The van der Waals surface area contributed by atoms with Crippen LogP contribution in [0, 0.1) is 34.6 Å². The summed E-state index contributed by atoms with van der Waals surface area (Å²) in [5, 5.41) is 31.0. The van der Waals surface area contributed by atoms with Gasteiger partial charge in [0, 0.05) is 128 Å². The number of rotatable bonds is 17. The number of carbonyl (C=O) groups is 5. The van der Waals surface area contributed by atoms with E-state index in [1.165, 1.54) is 68.8 Å². The van der Waals surface area contributed by atoms with E-state index in [1.54, 1.807) is 195 Å². The van der Waals surface area contributed by atoms with Crippen molar-refractivity contribution in [2.45, 2.75) is 144 Å². The van der Waals surface area contributed by atoms with Gasteiger partial charge in [0.15, 0.2) is 16.9 Å². The number of anilines is 10. The molecule has 3 aliphatic rings. The van der Waals surface area contributed by atoms with Crippen LogP contribution >= 0.6 is 27.5 Å². The Bertz CT molecular complexity index is 7470. The number of fused-ring (bicyclic) bond motifs is 3. The average Bonchev–Trinajstić information content (AvgIpc) is 1.61. The fourth-order valence-corrected chi connectivity index (χ4v) is 13.4. The summed E-state index contributed by atoms with van der Waals surface area (Å²) in [5.74, 6) is 1.17. The Labute approximate surface area is 826 Å². The van der Waals surface area contributed by atoms with Gasteiger partial charge in [-0.05, 0) is 252 Å². The monoisotopic (exact) mass is 2010 g/mol. The van der Waals surface area contributed by atoms with Gasteiger partial charge in [0.2, 0.25) is 0 Å². The number of amides is 5. The molecule has 0 aromatic carbocycles. The van der Waals surface area contributed by atoms with Crippen LogP contribution in [0.3, 0.4) is 0 Å². The molecule has 16 aromatic rings. The first-order chi connectivity index (χ1) is 67.6. The summed E-state index contributed by atoms with van der Waals surface area (Å²) in [6.07, 6.45) is 25.5. The van der Waals surface area contributed by atoms with E-state index in [1.807, 2.05) is 95.3 Å². The Morgan fingerprint density at radius 3 is 1.10 bits per heavy atom. The van der Waals surface area contributed by atoms with E-state index in [4.69, 9.17) is 38.3 Å². The van der Waals surface area contributed by atoms with E-state index < -0.39 is 23.4 Å². The zero-order valence-corrected chi connectivity index (χ0v) is 82.4. The van der Waals surface area contributed by atoms with Crippen LogP contribution in [0.4, 0.5) is 67.1 Å². The second-order valence-electron chi connectivity index (χ2n) is 34.8. The largest absolute Gasteiger partial charge is 0.443 e. The number of nitrogens with two attached hydrogens (primary N) is 3. The van der Waals surface area contributed by atoms with E-state index in [2.05, 4.69) is 108 Å². The number of aryl methyl sites for hydroxylation is 5. The lowest BCUT2D eigenvalue weighted by Gasteiger charge is -2.25. The van der Waals surface area contributed by atoms with Crippen LogP contribution in [0.25, 0.3) is 39.7 Å². The lowest BCUT2D eigenvalue weighted by Crippen LogP contribution is -2.35. The summed E-state index contributed by atoms with van der Waals surface area (Å²) < 4.78 is 22.2. The number of nitrogen functional groups attached to an aromatic ring is 3. The molecule has 44 heteroatoms. The molecule has 0 aliphatic heterocycles. The molecule has 0 spiro atoms. The lowest BCUT2D eigenvalue weighted by molar-refractivity contribution is 0.0577. The first kappa shape index (κ1) is 102. The quantitative estimate of drug-likeness (QED) is 0.0379. The summed E-state index contributed by atoms with van der Waals surface area (Å²) in [6, 6.07) is 40.7. The number of hydrogen-bond donors (Lipinski definition) is 10.